The average molecular weight is 430 g/mol. The quantitative estimate of drug-likeness (QED) is 0.756. The number of rotatable bonds is 6. The smallest absolute Gasteiger partial charge is 0.409 e. The van der Waals surface area contributed by atoms with E-state index in [1.54, 1.807) is 36.2 Å². The van der Waals surface area contributed by atoms with Gasteiger partial charge in [-0.15, -0.1) is 0 Å². The highest BCUT2D eigenvalue weighted by Crippen LogP contribution is 2.44. The Bertz CT molecular complexity index is 906. The molecular formula is C24H28F2N2O3. The second-order valence-corrected chi connectivity index (χ2v) is 8.60. The Morgan fingerprint density at radius 2 is 1.74 bits per heavy atom. The van der Waals surface area contributed by atoms with E-state index in [9.17, 15) is 18.7 Å². The zero-order valence-corrected chi connectivity index (χ0v) is 17.6. The number of likely N-dealkylation sites (tertiary alicyclic amines) is 1. The number of likely N-dealkylation sites (N-methyl/N-ethyl adjacent to an activating group) is 1. The molecule has 4 rings (SSSR count). The van der Waals surface area contributed by atoms with Crippen LogP contribution in [0.25, 0.3) is 0 Å². The lowest BCUT2D eigenvalue weighted by molar-refractivity contribution is -0.0195. The van der Waals surface area contributed by atoms with Gasteiger partial charge in [0.1, 0.15) is 17.7 Å². The summed E-state index contributed by atoms with van der Waals surface area (Å²) >= 11 is 0. The minimum absolute atomic E-state index is 0.124. The number of benzene rings is 2. The molecule has 2 aromatic carbocycles. The van der Waals surface area contributed by atoms with Gasteiger partial charge in [0.2, 0.25) is 0 Å². The van der Waals surface area contributed by atoms with E-state index in [2.05, 4.69) is 4.90 Å². The summed E-state index contributed by atoms with van der Waals surface area (Å²) in [6.45, 7) is 1.78. The lowest BCUT2D eigenvalue weighted by Gasteiger charge is -2.49. The number of aliphatic hydroxyl groups excluding tert-OH is 1. The molecule has 2 aliphatic rings. The van der Waals surface area contributed by atoms with Crippen molar-refractivity contribution in [3.8, 4) is 0 Å². The summed E-state index contributed by atoms with van der Waals surface area (Å²) in [5.74, 6) is -0.455. The molecule has 2 fully saturated rings. The van der Waals surface area contributed by atoms with Gasteiger partial charge in [-0.2, -0.15) is 0 Å². The van der Waals surface area contributed by atoms with Crippen molar-refractivity contribution in [3.63, 3.8) is 0 Å². The maximum absolute atomic E-state index is 13.6. The average Bonchev–Trinajstić information content (AvgIpc) is 3.10. The van der Waals surface area contributed by atoms with E-state index in [0.29, 0.717) is 25.9 Å². The van der Waals surface area contributed by atoms with Crippen LogP contribution >= 0.6 is 0 Å². The van der Waals surface area contributed by atoms with Crippen LogP contribution in [0.15, 0.2) is 48.5 Å². The van der Waals surface area contributed by atoms with Crippen molar-refractivity contribution >= 4 is 6.09 Å². The van der Waals surface area contributed by atoms with Crippen LogP contribution < -0.4 is 0 Å². The zero-order valence-electron chi connectivity index (χ0n) is 17.6. The molecule has 0 aromatic heterocycles. The Morgan fingerprint density at radius 3 is 2.32 bits per heavy atom. The number of cyclic esters (lactones) is 1. The topological polar surface area (TPSA) is 53.0 Å². The van der Waals surface area contributed by atoms with Crippen molar-refractivity contribution in [2.75, 3.05) is 33.3 Å². The molecule has 2 aromatic rings. The van der Waals surface area contributed by atoms with E-state index in [4.69, 9.17) is 4.74 Å². The van der Waals surface area contributed by atoms with Crippen LogP contribution in [0, 0.1) is 11.6 Å². The van der Waals surface area contributed by atoms with E-state index in [-0.39, 0.29) is 36.4 Å². The first-order valence-corrected chi connectivity index (χ1v) is 10.7. The van der Waals surface area contributed by atoms with Gasteiger partial charge in [-0.1, -0.05) is 24.3 Å². The minimum Gasteiger partial charge on any atom is -0.444 e. The van der Waals surface area contributed by atoms with Gasteiger partial charge in [0.25, 0.3) is 0 Å². The van der Waals surface area contributed by atoms with E-state index in [0.717, 1.165) is 24.1 Å². The number of carbonyl (C=O) groups is 1. The zero-order chi connectivity index (χ0) is 22.0. The first-order valence-electron chi connectivity index (χ1n) is 10.7. The largest absolute Gasteiger partial charge is 0.444 e. The molecule has 0 radical (unpaired) electrons. The lowest BCUT2D eigenvalue weighted by Crippen LogP contribution is -2.54. The third-order valence-electron chi connectivity index (χ3n) is 6.70. The molecule has 3 unspecified atom stereocenters. The van der Waals surface area contributed by atoms with Gasteiger partial charge in [-0.05, 0) is 67.1 Å². The highest BCUT2D eigenvalue weighted by molar-refractivity contribution is 5.69. The Balaban J connectivity index is 1.59. The Morgan fingerprint density at radius 1 is 1.10 bits per heavy atom. The number of carbonyl (C=O) groups excluding carboxylic acids is 1. The molecule has 1 amide bonds. The van der Waals surface area contributed by atoms with Crippen molar-refractivity contribution in [2.45, 2.75) is 36.8 Å². The van der Waals surface area contributed by atoms with E-state index >= 15 is 0 Å². The number of ether oxygens (including phenoxy) is 1. The number of piperidine rings is 1. The molecule has 2 heterocycles. The van der Waals surface area contributed by atoms with Gasteiger partial charge in [-0.25, -0.2) is 13.6 Å². The maximum Gasteiger partial charge on any atom is 0.409 e. The number of halogens is 2. The van der Waals surface area contributed by atoms with Crippen LogP contribution in [0.3, 0.4) is 0 Å². The van der Waals surface area contributed by atoms with Crippen LogP contribution in [0.4, 0.5) is 13.6 Å². The monoisotopic (exact) mass is 430 g/mol. The number of hydrogen-bond acceptors (Lipinski definition) is 4. The molecule has 0 saturated carbocycles. The van der Waals surface area contributed by atoms with E-state index in [1.165, 1.54) is 24.3 Å². The Labute approximate surface area is 181 Å². The summed E-state index contributed by atoms with van der Waals surface area (Å²) in [6, 6.07) is 12.8. The third-order valence-corrected chi connectivity index (χ3v) is 6.70. The molecular weight excluding hydrogens is 402 g/mol. The molecule has 1 N–H and O–H groups in total. The van der Waals surface area contributed by atoms with Crippen LogP contribution in [0.5, 0.6) is 0 Å². The molecule has 3 atom stereocenters. The third kappa shape index (κ3) is 4.43. The van der Waals surface area contributed by atoms with Crippen LogP contribution in [0.1, 0.15) is 36.3 Å². The highest BCUT2D eigenvalue weighted by atomic mass is 19.1. The molecule has 2 saturated heterocycles. The van der Waals surface area contributed by atoms with Gasteiger partial charge in [0, 0.05) is 13.6 Å². The first kappa shape index (κ1) is 21.7. The number of hydrogen-bond donors (Lipinski definition) is 1. The molecule has 5 nitrogen and oxygen atoms in total. The van der Waals surface area contributed by atoms with Crippen LogP contribution in [-0.4, -0.2) is 60.4 Å². The van der Waals surface area contributed by atoms with Crippen molar-refractivity contribution in [1.82, 2.24) is 9.80 Å². The fraction of sp³-hybridized carbons (Fsp3) is 0.458. The Kier molecular flexibility index (Phi) is 6.25. The minimum atomic E-state index is -0.695. The first-order chi connectivity index (χ1) is 14.9. The number of amides is 1. The molecule has 31 heavy (non-hydrogen) atoms. The van der Waals surface area contributed by atoms with Crippen molar-refractivity contribution < 1.29 is 23.4 Å². The summed E-state index contributed by atoms with van der Waals surface area (Å²) in [5, 5.41) is 10.6. The summed E-state index contributed by atoms with van der Waals surface area (Å²) in [6.07, 6.45) is 1.65. The highest BCUT2D eigenvalue weighted by Gasteiger charge is 2.44. The summed E-state index contributed by atoms with van der Waals surface area (Å²) in [5.41, 5.74) is 1.19. The second-order valence-electron chi connectivity index (χ2n) is 8.60. The predicted octanol–water partition coefficient (Wildman–Crippen LogP) is 3.87. The van der Waals surface area contributed by atoms with E-state index in [1.807, 2.05) is 0 Å². The Hall–Kier alpha value is -2.51. The molecule has 0 spiro atoms. The fourth-order valence-corrected chi connectivity index (χ4v) is 4.93. The van der Waals surface area contributed by atoms with Crippen LogP contribution in [0.2, 0.25) is 0 Å². The summed E-state index contributed by atoms with van der Waals surface area (Å²) in [7, 11) is 1.72. The number of aliphatic hydroxyl groups is 1. The maximum atomic E-state index is 13.6. The second kappa shape index (κ2) is 8.93. The van der Waals surface area contributed by atoms with Gasteiger partial charge in [0.15, 0.2) is 0 Å². The normalized spacial score (nSPS) is 26.8. The van der Waals surface area contributed by atoms with Gasteiger partial charge in [0.05, 0.1) is 18.7 Å². The number of nitrogens with zero attached hydrogens (tertiary/aromatic N) is 2. The van der Waals surface area contributed by atoms with Crippen LogP contribution in [-0.2, 0) is 10.3 Å². The van der Waals surface area contributed by atoms with Gasteiger partial charge >= 0.3 is 6.09 Å². The molecule has 7 heteroatoms. The molecule has 0 aliphatic carbocycles. The van der Waals surface area contributed by atoms with Crippen molar-refractivity contribution in [3.05, 3.63) is 71.3 Å². The van der Waals surface area contributed by atoms with Gasteiger partial charge in [-0.3, -0.25) is 4.90 Å². The summed E-state index contributed by atoms with van der Waals surface area (Å²) in [4.78, 5) is 15.5. The van der Waals surface area contributed by atoms with Crippen molar-refractivity contribution in [2.24, 2.45) is 0 Å². The molecule has 166 valence electrons. The predicted molar refractivity (Wildman–Crippen MR) is 113 cm³/mol. The van der Waals surface area contributed by atoms with Crippen molar-refractivity contribution in [1.29, 1.82) is 0 Å². The summed E-state index contributed by atoms with van der Waals surface area (Å²) < 4.78 is 32.4. The van der Waals surface area contributed by atoms with E-state index < -0.39 is 5.54 Å². The molecule has 0 bridgehead atoms. The fourth-order valence-electron chi connectivity index (χ4n) is 4.93. The standard InChI is InChI=1S/C24H28F2N2O3/c1-27-15-22(31-23(27)30)11-13-28-12-10-18(17-2-6-20(25)7-3-17)14-24(28,16-29)19-4-8-21(26)9-5-19/h2-9,18,22,29H,10-16H2,1H3. The molecule has 2 aliphatic heterocycles. The lowest BCUT2D eigenvalue weighted by atomic mass is 9.73. The SMILES string of the molecule is CN1CC(CCN2CCC(c3ccc(F)cc3)CC2(CO)c2ccc(F)cc2)OC1=O. The van der Waals surface area contributed by atoms with Gasteiger partial charge < -0.3 is 14.7 Å².